The Labute approximate surface area is 143 Å². The summed E-state index contributed by atoms with van der Waals surface area (Å²) in [5.41, 5.74) is 3.17. The van der Waals surface area contributed by atoms with E-state index in [9.17, 15) is 8.42 Å². The first-order valence-corrected chi connectivity index (χ1v) is 9.56. The summed E-state index contributed by atoms with van der Waals surface area (Å²) in [7, 11) is -3.47. The molecule has 0 saturated heterocycles. The number of sulfonamides is 1. The van der Waals surface area contributed by atoms with Gasteiger partial charge >= 0.3 is 0 Å². The minimum atomic E-state index is -3.47. The highest BCUT2D eigenvalue weighted by molar-refractivity contribution is 7.92. The highest BCUT2D eigenvalue weighted by Crippen LogP contribution is 2.26. The Morgan fingerprint density at radius 2 is 2.00 bits per heavy atom. The lowest BCUT2D eigenvalue weighted by molar-refractivity contribution is 0.357. The van der Waals surface area contributed by atoms with Gasteiger partial charge in [-0.3, -0.25) is 0 Å². The topological polar surface area (TPSA) is 55.4 Å². The van der Waals surface area contributed by atoms with Crippen molar-refractivity contribution in [3.05, 3.63) is 70.6 Å². The average molecular weight is 343 g/mol. The summed E-state index contributed by atoms with van der Waals surface area (Å²) >= 11 is 0. The van der Waals surface area contributed by atoms with Gasteiger partial charge in [-0.1, -0.05) is 42.5 Å². The Morgan fingerprint density at radius 1 is 1.21 bits per heavy atom. The van der Waals surface area contributed by atoms with E-state index < -0.39 is 10.0 Å². The lowest BCUT2D eigenvalue weighted by Crippen LogP contribution is -2.32. The minimum Gasteiger partial charge on any atom is -0.493 e. The number of rotatable bonds is 6. The first-order valence-electron chi connectivity index (χ1n) is 8.02. The number of ether oxygens (including phenoxy) is 1. The van der Waals surface area contributed by atoms with E-state index in [-0.39, 0.29) is 6.04 Å². The van der Waals surface area contributed by atoms with E-state index in [1.165, 1.54) is 11.0 Å². The molecule has 2 aromatic carbocycles. The molecule has 4 nitrogen and oxygen atoms in total. The second-order valence-electron chi connectivity index (χ2n) is 6.02. The van der Waals surface area contributed by atoms with Crippen molar-refractivity contribution in [2.24, 2.45) is 0 Å². The van der Waals surface area contributed by atoms with Gasteiger partial charge in [0.2, 0.25) is 10.0 Å². The van der Waals surface area contributed by atoms with E-state index in [4.69, 9.17) is 4.74 Å². The quantitative estimate of drug-likeness (QED) is 0.877. The number of fused-ring (bicyclic) bond motifs is 1. The number of benzene rings is 2. The predicted molar refractivity (Wildman–Crippen MR) is 96.3 cm³/mol. The van der Waals surface area contributed by atoms with Gasteiger partial charge in [-0.2, -0.15) is 0 Å². The molecule has 3 rings (SSSR count). The van der Waals surface area contributed by atoms with Gasteiger partial charge in [0.25, 0.3) is 0 Å². The summed E-state index contributed by atoms with van der Waals surface area (Å²) in [6.07, 6.45) is 3.16. The third-order valence-electron chi connectivity index (χ3n) is 3.90. The Kier molecular flexibility index (Phi) is 5.02. The van der Waals surface area contributed by atoms with Crippen LogP contribution in [0, 0.1) is 0 Å². The zero-order chi connectivity index (χ0) is 17.0. The summed E-state index contributed by atoms with van der Waals surface area (Å²) in [6, 6.07) is 15.3. The zero-order valence-electron chi connectivity index (χ0n) is 13.6. The molecule has 2 aromatic rings. The summed E-state index contributed by atoms with van der Waals surface area (Å²) in [4.78, 5) is 0. The van der Waals surface area contributed by atoms with Crippen molar-refractivity contribution in [3.63, 3.8) is 0 Å². The fraction of sp³-hybridized carbons (Fsp3) is 0.263. The van der Waals surface area contributed by atoms with Crippen LogP contribution in [0.1, 0.15) is 23.6 Å². The minimum absolute atomic E-state index is 0.184. The Hall–Kier alpha value is -2.11. The molecule has 1 aliphatic rings. The first-order chi connectivity index (χ1) is 11.5. The Bertz CT molecular complexity index is 829. The molecule has 0 bridgehead atoms. The van der Waals surface area contributed by atoms with Crippen molar-refractivity contribution in [1.82, 2.24) is 4.72 Å². The van der Waals surface area contributed by atoms with Crippen LogP contribution in [-0.2, 0) is 22.9 Å². The third kappa shape index (κ3) is 4.46. The molecule has 0 fully saturated rings. The SMILES string of the molecule is CC(Cc1ccc2c(c1)CCO2)NS(=O)(=O)C=Cc1ccccc1. The molecule has 1 atom stereocenters. The molecule has 1 N–H and O–H groups in total. The number of hydrogen-bond acceptors (Lipinski definition) is 3. The van der Waals surface area contributed by atoms with Crippen molar-refractivity contribution in [1.29, 1.82) is 0 Å². The zero-order valence-corrected chi connectivity index (χ0v) is 14.4. The van der Waals surface area contributed by atoms with E-state index in [0.29, 0.717) is 6.42 Å². The van der Waals surface area contributed by atoms with Crippen molar-refractivity contribution < 1.29 is 13.2 Å². The molecule has 0 aromatic heterocycles. The average Bonchev–Trinajstić information content (AvgIpc) is 3.01. The largest absolute Gasteiger partial charge is 0.493 e. The molecule has 126 valence electrons. The molecule has 24 heavy (non-hydrogen) atoms. The maximum atomic E-state index is 12.2. The van der Waals surface area contributed by atoms with Crippen LogP contribution in [-0.4, -0.2) is 21.1 Å². The molecule has 1 heterocycles. The maximum absolute atomic E-state index is 12.2. The second kappa shape index (κ2) is 7.20. The van der Waals surface area contributed by atoms with Crippen molar-refractivity contribution in [2.45, 2.75) is 25.8 Å². The lowest BCUT2D eigenvalue weighted by atomic mass is 10.0. The molecule has 1 unspecified atom stereocenters. The highest BCUT2D eigenvalue weighted by Gasteiger charge is 2.15. The van der Waals surface area contributed by atoms with E-state index in [0.717, 1.165) is 29.9 Å². The third-order valence-corrected chi connectivity index (χ3v) is 5.13. The van der Waals surface area contributed by atoms with Gasteiger partial charge in [0.05, 0.1) is 6.61 Å². The Balaban J connectivity index is 1.61. The van der Waals surface area contributed by atoms with E-state index in [1.807, 2.05) is 49.4 Å². The van der Waals surface area contributed by atoms with Gasteiger partial charge in [-0.15, -0.1) is 0 Å². The van der Waals surface area contributed by atoms with Crippen LogP contribution in [0.5, 0.6) is 5.75 Å². The molecule has 5 heteroatoms. The lowest BCUT2D eigenvalue weighted by Gasteiger charge is -2.13. The van der Waals surface area contributed by atoms with E-state index in [1.54, 1.807) is 6.08 Å². The summed E-state index contributed by atoms with van der Waals surface area (Å²) in [6.45, 7) is 2.60. The molecule has 0 aliphatic carbocycles. The van der Waals surface area contributed by atoms with Crippen LogP contribution < -0.4 is 9.46 Å². The Morgan fingerprint density at radius 3 is 2.79 bits per heavy atom. The smallest absolute Gasteiger partial charge is 0.233 e. The maximum Gasteiger partial charge on any atom is 0.233 e. The van der Waals surface area contributed by atoms with Crippen LogP contribution >= 0.6 is 0 Å². The van der Waals surface area contributed by atoms with Gasteiger partial charge in [-0.25, -0.2) is 13.1 Å². The van der Waals surface area contributed by atoms with Gasteiger partial charge < -0.3 is 4.74 Å². The van der Waals surface area contributed by atoms with Crippen LogP contribution in [0.3, 0.4) is 0 Å². The molecule has 0 amide bonds. The van der Waals surface area contributed by atoms with Gasteiger partial charge in [0, 0.05) is 17.9 Å². The van der Waals surface area contributed by atoms with E-state index in [2.05, 4.69) is 10.8 Å². The molecule has 0 saturated carbocycles. The summed E-state index contributed by atoms with van der Waals surface area (Å²) in [5, 5.41) is 1.22. The fourth-order valence-electron chi connectivity index (χ4n) is 2.81. The predicted octanol–water partition coefficient (Wildman–Crippen LogP) is 3.14. The number of hydrogen-bond donors (Lipinski definition) is 1. The summed E-state index contributed by atoms with van der Waals surface area (Å²) in [5.74, 6) is 0.942. The molecule has 0 spiro atoms. The summed E-state index contributed by atoms with van der Waals surface area (Å²) < 4.78 is 32.5. The number of nitrogens with one attached hydrogen (secondary N) is 1. The molecular weight excluding hydrogens is 322 g/mol. The molecule has 1 aliphatic heterocycles. The van der Waals surface area contributed by atoms with Gasteiger partial charge in [0.15, 0.2) is 0 Å². The van der Waals surface area contributed by atoms with E-state index >= 15 is 0 Å². The monoisotopic (exact) mass is 343 g/mol. The van der Waals surface area contributed by atoms with Gasteiger partial charge in [0.1, 0.15) is 5.75 Å². The van der Waals surface area contributed by atoms with Crippen molar-refractivity contribution >= 4 is 16.1 Å². The second-order valence-corrected chi connectivity index (χ2v) is 7.62. The standard InChI is InChI=1S/C19H21NO3S/c1-15(13-17-7-8-19-18(14-17)9-11-23-19)20-24(21,22)12-10-16-5-3-2-4-6-16/h2-8,10,12,14-15,20H,9,11,13H2,1H3. The highest BCUT2D eigenvalue weighted by atomic mass is 32.2. The van der Waals surface area contributed by atoms with Crippen LogP contribution in [0.25, 0.3) is 6.08 Å². The fourth-order valence-corrected chi connectivity index (χ4v) is 3.87. The van der Waals surface area contributed by atoms with Crippen molar-refractivity contribution in [3.8, 4) is 5.75 Å². The normalized spacial score (nSPS) is 15.2. The molecule has 0 radical (unpaired) electrons. The van der Waals surface area contributed by atoms with Crippen LogP contribution in [0.15, 0.2) is 53.9 Å². The first kappa shape index (κ1) is 16.7. The van der Waals surface area contributed by atoms with Gasteiger partial charge in [-0.05, 0) is 42.2 Å². The van der Waals surface area contributed by atoms with Crippen LogP contribution in [0.4, 0.5) is 0 Å². The molecular formula is C19H21NO3S. The van der Waals surface area contributed by atoms with Crippen LogP contribution in [0.2, 0.25) is 0 Å². The van der Waals surface area contributed by atoms with Crippen molar-refractivity contribution in [2.75, 3.05) is 6.61 Å².